The lowest BCUT2D eigenvalue weighted by Gasteiger charge is -2.08. The summed E-state index contributed by atoms with van der Waals surface area (Å²) in [5.41, 5.74) is 7.37. The van der Waals surface area contributed by atoms with Gasteiger partial charge in [0.25, 0.3) is 0 Å². The summed E-state index contributed by atoms with van der Waals surface area (Å²) in [6, 6.07) is 0.434. The Kier molecular flexibility index (Phi) is 6.27. The van der Waals surface area contributed by atoms with Crippen molar-refractivity contribution < 1.29 is 0 Å². The van der Waals surface area contributed by atoms with E-state index in [2.05, 4.69) is 55.9 Å². The summed E-state index contributed by atoms with van der Waals surface area (Å²) < 4.78 is 0. The van der Waals surface area contributed by atoms with Crippen LogP contribution in [0.5, 0.6) is 0 Å². The molecule has 1 aromatic rings. The SMILES string of the molecule is C=C/C=C(/C#CC#Cc1cnc([C@@H]2CCCN2)[nH]1)N=C(N)[C@@H]1CCCN1. The summed E-state index contributed by atoms with van der Waals surface area (Å²) in [7, 11) is 0. The van der Waals surface area contributed by atoms with Crippen LogP contribution in [0.25, 0.3) is 0 Å². The molecule has 2 aliphatic rings. The summed E-state index contributed by atoms with van der Waals surface area (Å²) in [5.74, 6) is 13.1. The first-order chi connectivity index (χ1) is 12.8. The number of nitrogens with zero attached hydrogens (tertiary/aromatic N) is 2. The third-order valence-electron chi connectivity index (χ3n) is 4.38. The Labute approximate surface area is 154 Å². The van der Waals surface area contributed by atoms with Crippen LogP contribution in [0.3, 0.4) is 0 Å². The first-order valence-corrected chi connectivity index (χ1v) is 8.96. The molecule has 0 spiro atoms. The monoisotopic (exact) mass is 348 g/mol. The average molecular weight is 348 g/mol. The third kappa shape index (κ3) is 4.86. The van der Waals surface area contributed by atoms with Crippen molar-refractivity contribution in [1.29, 1.82) is 0 Å². The third-order valence-corrected chi connectivity index (χ3v) is 4.38. The van der Waals surface area contributed by atoms with Crippen LogP contribution >= 0.6 is 0 Å². The molecular weight excluding hydrogens is 324 g/mol. The minimum absolute atomic E-state index is 0.128. The van der Waals surface area contributed by atoms with Crippen LogP contribution < -0.4 is 16.4 Å². The zero-order valence-electron chi connectivity index (χ0n) is 14.8. The van der Waals surface area contributed by atoms with Crippen molar-refractivity contribution in [2.45, 2.75) is 37.8 Å². The van der Waals surface area contributed by atoms with Crippen LogP contribution in [0.15, 0.2) is 35.6 Å². The van der Waals surface area contributed by atoms with Crippen LogP contribution in [0.1, 0.15) is 43.2 Å². The number of amidine groups is 1. The van der Waals surface area contributed by atoms with Crippen molar-refractivity contribution in [2.75, 3.05) is 13.1 Å². The molecule has 0 saturated carbocycles. The number of aromatic nitrogens is 2. The van der Waals surface area contributed by atoms with E-state index in [1.54, 1.807) is 18.3 Å². The Morgan fingerprint density at radius 3 is 2.85 bits per heavy atom. The zero-order valence-corrected chi connectivity index (χ0v) is 14.8. The maximum atomic E-state index is 6.06. The van der Waals surface area contributed by atoms with Gasteiger partial charge >= 0.3 is 0 Å². The molecule has 1 aromatic heterocycles. The highest BCUT2D eigenvalue weighted by molar-refractivity contribution is 5.87. The summed E-state index contributed by atoms with van der Waals surface area (Å²) >= 11 is 0. The van der Waals surface area contributed by atoms with Gasteiger partial charge in [-0.1, -0.05) is 12.7 Å². The van der Waals surface area contributed by atoms with E-state index in [1.807, 2.05) is 0 Å². The van der Waals surface area contributed by atoms with Gasteiger partial charge in [-0.3, -0.25) is 0 Å². The second kappa shape index (κ2) is 9.05. The number of aromatic amines is 1. The van der Waals surface area contributed by atoms with Gasteiger partial charge in [-0.2, -0.15) is 0 Å². The fraction of sp³-hybridized carbons (Fsp3) is 0.400. The molecule has 6 heteroatoms. The number of allylic oxidation sites excluding steroid dienone is 3. The number of hydrogen-bond acceptors (Lipinski definition) is 4. The van der Waals surface area contributed by atoms with E-state index in [0.717, 1.165) is 43.9 Å². The largest absolute Gasteiger partial charge is 0.386 e. The van der Waals surface area contributed by atoms with Gasteiger partial charge in [0.05, 0.1) is 18.3 Å². The second-order valence-corrected chi connectivity index (χ2v) is 6.30. The van der Waals surface area contributed by atoms with Gasteiger partial charge in [0.2, 0.25) is 0 Å². The molecule has 2 atom stereocenters. The minimum Gasteiger partial charge on any atom is -0.386 e. The second-order valence-electron chi connectivity index (χ2n) is 6.30. The van der Waals surface area contributed by atoms with E-state index in [-0.39, 0.29) is 6.04 Å². The first-order valence-electron chi connectivity index (χ1n) is 8.96. The van der Waals surface area contributed by atoms with Gasteiger partial charge in [-0.05, 0) is 68.5 Å². The number of imidazole rings is 1. The van der Waals surface area contributed by atoms with Crippen LogP contribution in [-0.2, 0) is 0 Å². The topological polar surface area (TPSA) is 91.1 Å². The van der Waals surface area contributed by atoms with E-state index >= 15 is 0 Å². The Hall–Kier alpha value is -2.80. The van der Waals surface area contributed by atoms with E-state index in [4.69, 9.17) is 5.73 Å². The molecule has 0 amide bonds. The highest BCUT2D eigenvalue weighted by Gasteiger charge is 2.18. The van der Waals surface area contributed by atoms with Crippen molar-refractivity contribution in [3.8, 4) is 23.7 Å². The van der Waals surface area contributed by atoms with Crippen molar-refractivity contribution in [1.82, 2.24) is 20.6 Å². The van der Waals surface area contributed by atoms with Crippen LogP contribution in [-0.4, -0.2) is 34.9 Å². The molecule has 2 saturated heterocycles. The van der Waals surface area contributed by atoms with Gasteiger partial charge in [0.15, 0.2) is 0 Å². The van der Waals surface area contributed by atoms with E-state index in [9.17, 15) is 0 Å². The highest BCUT2D eigenvalue weighted by atomic mass is 15.0. The van der Waals surface area contributed by atoms with Crippen LogP contribution in [0, 0.1) is 23.7 Å². The maximum Gasteiger partial charge on any atom is 0.124 e. The molecule has 3 heterocycles. The Balaban J connectivity index is 1.65. The first kappa shape index (κ1) is 18.0. The lowest BCUT2D eigenvalue weighted by Crippen LogP contribution is -2.36. The molecular formula is C20H24N6. The average Bonchev–Trinajstić information content (AvgIpc) is 3.41. The molecule has 2 aliphatic heterocycles. The van der Waals surface area contributed by atoms with Gasteiger partial charge in [0, 0.05) is 0 Å². The number of nitrogens with one attached hydrogen (secondary N) is 3. The predicted octanol–water partition coefficient (Wildman–Crippen LogP) is 1.37. The van der Waals surface area contributed by atoms with Crippen LogP contribution in [0.4, 0.5) is 0 Å². The van der Waals surface area contributed by atoms with Crippen molar-refractivity contribution in [3.63, 3.8) is 0 Å². The number of aliphatic imine (C=N–C) groups is 1. The van der Waals surface area contributed by atoms with E-state index in [1.165, 1.54) is 6.42 Å². The smallest absolute Gasteiger partial charge is 0.124 e. The maximum absolute atomic E-state index is 6.06. The molecule has 5 N–H and O–H groups in total. The Bertz CT molecular complexity index is 812. The quantitative estimate of drug-likeness (QED) is 0.286. The van der Waals surface area contributed by atoms with Crippen molar-refractivity contribution in [2.24, 2.45) is 10.7 Å². The summed E-state index contributed by atoms with van der Waals surface area (Å²) in [5, 5.41) is 6.72. The molecule has 134 valence electrons. The molecule has 0 unspecified atom stereocenters. The summed E-state index contributed by atoms with van der Waals surface area (Å²) in [4.78, 5) is 12.0. The minimum atomic E-state index is 0.128. The van der Waals surface area contributed by atoms with E-state index in [0.29, 0.717) is 17.6 Å². The van der Waals surface area contributed by atoms with Gasteiger partial charge in [-0.25, -0.2) is 9.98 Å². The zero-order chi connectivity index (χ0) is 18.2. The fourth-order valence-electron chi connectivity index (χ4n) is 3.06. The normalized spacial score (nSPS) is 23.1. The molecule has 0 radical (unpaired) electrons. The summed E-state index contributed by atoms with van der Waals surface area (Å²) in [6.07, 6.45) is 9.51. The lowest BCUT2D eigenvalue weighted by atomic mass is 10.2. The molecule has 0 aliphatic carbocycles. The molecule has 6 nitrogen and oxygen atoms in total. The van der Waals surface area contributed by atoms with Crippen molar-refractivity contribution in [3.05, 3.63) is 42.1 Å². The van der Waals surface area contributed by atoms with E-state index < -0.39 is 0 Å². The molecule has 2 fully saturated rings. The number of rotatable bonds is 4. The number of hydrogen-bond donors (Lipinski definition) is 4. The molecule has 3 rings (SSSR count). The predicted molar refractivity (Wildman–Crippen MR) is 104 cm³/mol. The van der Waals surface area contributed by atoms with Crippen molar-refractivity contribution >= 4 is 5.84 Å². The van der Waals surface area contributed by atoms with Gasteiger partial charge in [-0.15, -0.1) is 0 Å². The van der Waals surface area contributed by atoms with Gasteiger partial charge in [0.1, 0.15) is 23.1 Å². The van der Waals surface area contributed by atoms with Gasteiger partial charge < -0.3 is 21.4 Å². The number of H-pyrrole nitrogens is 1. The molecule has 0 aromatic carbocycles. The fourth-order valence-corrected chi connectivity index (χ4v) is 3.06. The number of nitrogens with two attached hydrogens (primary N) is 1. The standard InChI is InChI=1S/C20H24N6/c1-2-7-15(25-19(21)17-10-5-12-22-17)8-3-4-9-16-14-24-20(26-16)18-11-6-13-23-18/h2,7,14,17-18,22-23H,1,5-6,10-13H2,(H2,21,25)(H,24,26)/b15-7-/t17-,18-/m0/s1. The molecule has 26 heavy (non-hydrogen) atoms. The Morgan fingerprint density at radius 2 is 2.12 bits per heavy atom. The Morgan fingerprint density at radius 1 is 1.27 bits per heavy atom. The molecule has 0 bridgehead atoms. The highest BCUT2D eigenvalue weighted by Crippen LogP contribution is 2.19. The van der Waals surface area contributed by atoms with Crippen LogP contribution in [0.2, 0.25) is 0 Å². The summed E-state index contributed by atoms with van der Waals surface area (Å²) in [6.45, 7) is 5.71. The lowest BCUT2D eigenvalue weighted by molar-refractivity contribution is 0.612.